The van der Waals surface area contributed by atoms with Crippen molar-refractivity contribution >= 4 is 0 Å². The first-order valence-electron chi connectivity index (χ1n) is 4.38. The lowest BCUT2D eigenvalue weighted by Gasteiger charge is -2.09. The highest BCUT2D eigenvalue weighted by Crippen LogP contribution is 2.04. The van der Waals surface area contributed by atoms with E-state index in [0.29, 0.717) is 6.54 Å². The highest BCUT2D eigenvalue weighted by atomic mass is 16.1. The first-order chi connectivity index (χ1) is 6.07. The number of aryl methyl sites for hydroxylation is 2. The molecule has 0 radical (unpaired) electrons. The molecule has 1 rings (SSSR count). The van der Waals surface area contributed by atoms with Crippen LogP contribution in [0, 0.1) is 13.8 Å². The van der Waals surface area contributed by atoms with Crippen LogP contribution in [0.1, 0.15) is 16.8 Å². The van der Waals surface area contributed by atoms with Gasteiger partial charge in [0.15, 0.2) is 0 Å². The molecule has 0 aliphatic heterocycles. The van der Waals surface area contributed by atoms with E-state index in [9.17, 15) is 4.79 Å². The monoisotopic (exact) mass is 180 g/mol. The fourth-order valence-electron chi connectivity index (χ4n) is 1.42. The van der Waals surface area contributed by atoms with Crippen LogP contribution in [0.15, 0.2) is 10.9 Å². The van der Waals surface area contributed by atoms with Crippen molar-refractivity contribution in [3.05, 3.63) is 33.2 Å². The number of nitrogens with zero attached hydrogens (tertiary/aromatic N) is 1. The third kappa shape index (κ3) is 1.80. The molecule has 0 spiro atoms. The van der Waals surface area contributed by atoms with Gasteiger partial charge in [0.25, 0.3) is 5.56 Å². The molecule has 0 saturated heterocycles. The smallest absolute Gasteiger partial charge is 0.255 e. The van der Waals surface area contributed by atoms with Gasteiger partial charge in [-0.3, -0.25) is 4.79 Å². The molecule has 3 nitrogen and oxygen atoms in total. The zero-order chi connectivity index (χ0) is 10.0. The standard InChI is InChI=1S/C10H16N2O/c1-7-5-8(2)12(4)10(13)9(7)6-11-3/h5,11H,6H2,1-4H3. The van der Waals surface area contributed by atoms with Crippen LogP contribution in [0.3, 0.4) is 0 Å². The summed E-state index contributed by atoms with van der Waals surface area (Å²) < 4.78 is 1.68. The van der Waals surface area contributed by atoms with E-state index in [1.54, 1.807) is 11.6 Å². The fraction of sp³-hybridized carbons (Fsp3) is 0.500. The lowest BCUT2D eigenvalue weighted by atomic mass is 10.1. The van der Waals surface area contributed by atoms with Gasteiger partial charge in [-0.05, 0) is 32.5 Å². The Morgan fingerprint density at radius 1 is 1.46 bits per heavy atom. The van der Waals surface area contributed by atoms with E-state index in [4.69, 9.17) is 0 Å². The zero-order valence-electron chi connectivity index (χ0n) is 8.64. The molecule has 0 fully saturated rings. The van der Waals surface area contributed by atoms with Gasteiger partial charge in [0.2, 0.25) is 0 Å². The van der Waals surface area contributed by atoms with E-state index in [1.165, 1.54) is 0 Å². The third-order valence-corrected chi connectivity index (χ3v) is 2.35. The van der Waals surface area contributed by atoms with E-state index >= 15 is 0 Å². The predicted molar refractivity (Wildman–Crippen MR) is 53.9 cm³/mol. The van der Waals surface area contributed by atoms with Crippen molar-refractivity contribution in [3.8, 4) is 0 Å². The fourth-order valence-corrected chi connectivity index (χ4v) is 1.42. The molecule has 1 N–H and O–H groups in total. The van der Waals surface area contributed by atoms with E-state index in [1.807, 2.05) is 27.0 Å². The third-order valence-electron chi connectivity index (χ3n) is 2.35. The average Bonchev–Trinajstić information content (AvgIpc) is 2.09. The molecular formula is C10H16N2O. The van der Waals surface area contributed by atoms with Crippen molar-refractivity contribution < 1.29 is 0 Å². The van der Waals surface area contributed by atoms with Gasteiger partial charge in [0, 0.05) is 24.8 Å². The van der Waals surface area contributed by atoms with Gasteiger partial charge >= 0.3 is 0 Å². The molecule has 72 valence electrons. The Morgan fingerprint density at radius 3 is 2.62 bits per heavy atom. The molecule has 0 atom stereocenters. The summed E-state index contributed by atoms with van der Waals surface area (Å²) in [6.07, 6.45) is 0. The Morgan fingerprint density at radius 2 is 2.08 bits per heavy atom. The maximum absolute atomic E-state index is 11.7. The molecule has 1 aromatic rings. The van der Waals surface area contributed by atoms with E-state index in [2.05, 4.69) is 5.32 Å². The molecule has 0 amide bonds. The van der Waals surface area contributed by atoms with Crippen molar-refractivity contribution in [1.82, 2.24) is 9.88 Å². The number of nitrogens with one attached hydrogen (secondary N) is 1. The molecule has 13 heavy (non-hydrogen) atoms. The molecule has 0 unspecified atom stereocenters. The van der Waals surface area contributed by atoms with Gasteiger partial charge in [0.05, 0.1) is 0 Å². The number of hydrogen-bond donors (Lipinski definition) is 1. The quantitative estimate of drug-likeness (QED) is 0.727. The minimum absolute atomic E-state index is 0.104. The van der Waals surface area contributed by atoms with Crippen LogP contribution in [0.25, 0.3) is 0 Å². The van der Waals surface area contributed by atoms with Crippen LogP contribution in [0.5, 0.6) is 0 Å². The molecule has 0 saturated carbocycles. The Labute approximate surface area is 78.4 Å². The number of hydrogen-bond acceptors (Lipinski definition) is 2. The van der Waals surface area contributed by atoms with Gasteiger partial charge in [-0.2, -0.15) is 0 Å². The van der Waals surface area contributed by atoms with Gasteiger partial charge in [-0.25, -0.2) is 0 Å². The van der Waals surface area contributed by atoms with Crippen LogP contribution >= 0.6 is 0 Å². The Balaban J connectivity index is 3.35. The van der Waals surface area contributed by atoms with Crippen LogP contribution in [-0.4, -0.2) is 11.6 Å². The molecule has 0 bridgehead atoms. The van der Waals surface area contributed by atoms with Crippen LogP contribution in [0.4, 0.5) is 0 Å². The predicted octanol–water partition coefficient (Wildman–Crippen LogP) is 0.722. The Hall–Kier alpha value is -1.09. The van der Waals surface area contributed by atoms with Gasteiger partial charge in [-0.15, -0.1) is 0 Å². The molecule has 3 heteroatoms. The van der Waals surface area contributed by atoms with E-state index in [0.717, 1.165) is 16.8 Å². The van der Waals surface area contributed by atoms with E-state index in [-0.39, 0.29) is 5.56 Å². The summed E-state index contributed by atoms with van der Waals surface area (Å²) in [7, 11) is 3.65. The molecule has 0 aromatic carbocycles. The van der Waals surface area contributed by atoms with Crippen molar-refractivity contribution in [3.63, 3.8) is 0 Å². The maximum atomic E-state index is 11.7. The first-order valence-corrected chi connectivity index (χ1v) is 4.38. The average molecular weight is 180 g/mol. The number of pyridine rings is 1. The summed E-state index contributed by atoms with van der Waals surface area (Å²) >= 11 is 0. The lowest BCUT2D eigenvalue weighted by Crippen LogP contribution is -2.26. The highest BCUT2D eigenvalue weighted by Gasteiger charge is 2.06. The van der Waals surface area contributed by atoms with Crippen LogP contribution < -0.4 is 10.9 Å². The second kappa shape index (κ2) is 3.75. The van der Waals surface area contributed by atoms with E-state index < -0.39 is 0 Å². The van der Waals surface area contributed by atoms with Crippen LogP contribution in [-0.2, 0) is 13.6 Å². The van der Waals surface area contributed by atoms with Crippen molar-refractivity contribution in [1.29, 1.82) is 0 Å². The topological polar surface area (TPSA) is 34.0 Å². The minimum atomic E-state index is 0.104. The maximum Gasteiger partial charge on any atom is 0.255 e. The minimum Gasteiger partial charge on any atom is -0.316 e. The normalized spacial score (nSPS) is 10.5. The Bertz CT molecular complexity index is 366. The van der Waals surface area contributed by atoms with Crippen LogP contribution in [0.2, 0.25) is 0 Å². The molecule has 0 aliphatic carbocycles. The Kier molecular flexibility index (Phi) is 2.88. The number of rotatable bonds is 2. The largest absolute Gasteiger partial charge is 0.316 e. The second-order valence-electron chi connectivity index (χ2n) is 3.34. The molecule has 1 heterocycles. The number of aromatic nitrogens is 1. The second-order valence-corrected chi connectivity index (χ2v) is 3.34. The summed E-state index contributed by atoms with van der Waals surface area (Å²) in [6.45, 7) is 4.55. The summed E-state index contributed by atoms with van der Waals surface area (Å²) in [5, 5.41) is 3.00. The summed E-state index contributed by atoms with van der Waals surface area (Å²) in [5.41, 5.74) is 3.03. The van der Waals surface area contributed by atoms with Gasteiger partial charge in [-0.1, -0.05) is 0 Å². The SMILES string of the molecule is CNCc1c(C)cc(C)n(C)c1=O. The van der Waals surface area contributed by atoms with Crippen molar-refractivity contribution in [2.45, 2.75) is 20.4 Å². The summed E-state index contributed by atoms with van der Waals surface area (Å²) in [5.74, 6) is 0. The summed E-state index contributed by atoms with van der Waals surface area (Å²) in [4.78, 5) is 11.7. The van der Waals surface area contributed by atoms with Gasteiger partial charge in [0.1, 0.15) is 0 Å². The summed E-state index contributed by atoms with van der Waals surface area (Å²) in [6, 6.07) is 2.04. The first kappa shape index (κ1) is 9.99. The van der Waals surface area contributed by atoms with Gasteiger partial charge < -0.3 is 9.88 Å². The lowest BCUT2D eigenvalue weighted by molar-refractivity contribution is 0.745. The van der Waals surface area contributed by atoms with Crippen molar-refractivity contribution in [2.75, 3.05) is 7.05 Å². The molecule has 0 aliphatic rings. The van der Waals surface area contributed by atoms with Crippen molar-refractivity contribution in [2.24, 2.45) is 7.05 Å². The molecule has 1 aromatic heterocycles. The zero-order valence-corrected chi connectivity index (χ0v) is 8.64. The highest BCUT2D eigenvalue weighted by molar-refractivity contribution is 5.25. The molecular weight excluding hydrogens is 164 g/mol.